The molecule has 0 aromatic carbocycles. The molecule has 0 saturated carbocycles. The Bertz CT molecular complexity index is 1070. The van der Waals surface area contributed by atoms with Crippen LogP contribution in [-0.2, 0) is 28.2 Å². The summed E-state index contributed by atoms with van der Waals surface area (Å²) in [7, 11) is -2.08. The van der Waals surface area contributed by atoms with Gasteiger partial charge in [-0.2, -0.15) is 0 Å². The second kappa shape index (κ2) is 17.5. The molecular formula is C36H62O9Si. The summed E-state index contributed by atoms with van der Waals surface area (Å²) in [6.07, 6.45) is 8.02. The summed E-state index contributed by atoms with van der Waals surface area (Å²) in [5.74, 6) is -1.18. The maximum absolute atomic E-state index is 13.4. The van der Waals surface area contributed by atoms with Crippen molar-refractivity contribution < 1.29 is 43.5 Å². The van der Waals surface area contributed by atoms with Gasteiger partial charge in [-0.15, -0.1) is 0 Å². The van der Waals surface area contributed by atoms with Crippen LogP contribution in [0.3, 0.4) is 0 Å². The Balaban J connectivity index is 2.33. The predicted octanol–water partition coefficient (Wildman–Crippen LogP) is 6.17. The molecule has 10 heteroatoms. The maximum atomic E-state index is 13.4. The Kier molecular flexibility index (Phi) is 15.4. The molecular weight excluding hydrogens is 604 g/mol. The topological polar surface area (TPSA) is 135 Å². The maximum Gasteiger partial charge on any atom is 0.308 e. The highest BCUT2D eigenvalue weighted by molar-refractivity contribution is 6.73. The largest absolute Gasteiger partial charge is 0.457 e. The third-order valence-electron chi connectivity index (χ3n) is 9.99. The zero-order chi connectivity index (χ0) is 34.9. The fourth-order valence-corrected chi connectivity index (χ4v) is 9.33. The molecule has 0 bridgehead atoms. The molecule has 0 spiro atoms. The van der Waals surface area contributed by atoms with Crippen molar-refractivity contribution >= 4 is 20.3 Å². The van der Waals surface area contributed by atoms with Gasteiger partial charge in [-0.05, 0) is 69.8 Å². The molecule has 10 atom stereocenters. The van der Waals surface area contributed by atoms with Crippen molar-refractivity contribution in [1.29, 1.82) is 0 Å². The van der Waals surface area contributed by atoms with Crippen LogP contribution in [0.2, 0.25) is 18.1 Å². The predicted molar refractivity (Wildman–Crippen MR) is 183 cm³/mol. The van der Waals surface area contributed by atoms with E-state index in [-0.39, 0.29) is 42.9 Å². The summed E-state index contributed by atoms with van der Waals surface area (Å²) in [5, 5.41) is 32.7. The van der Waals surface area contributed by atoms with Crippen LogP contribution in [-0.4, -0.2) is 83.4 Å². The third kappa shape index (κ3) is 12.0. The molecule has 0 aromatic rings. The lowest BCUT2D eigenvalue weighted by Crippen LogP contribution is -2.45. The molecule has 0 aliphatic carbocycles. The second-order valence-corrected chi connectivity index (χ2v) is 18.8. The normalized spacial score (nSPS) is 33.2. The second-order valence-electron chi connectivity index (χ2n) is 14.1. The number of esters is 2. The minimum atomic E-state index is -2.08. The van der Waals surface area contributed by atoms with E-state index >= 15 is 0 Å². The number of ether oxygens (including phenoxy) is 3. The Morgan fingerprint density at radius 3 is 2.39 bits per heavy atom. The van der Waals surface area contributed by atoms with Crippen molar-refractivity contribution in [1.82, 2.24) is 0 Å². The van der Waals surface area contributed by atoms with Crippen LogP contribution in [0.5, 0.6) is 0 Å². The summed E-state index contributed by atoms with van der Waals surface area (Å²) >= 11 is 0. The van der Waals surface area contributed by atoms with E-state index in [1.807, 2.05) is 39.8 Å². The first kappa shape index (κ1) is 40.4. The lowest BCUT2D eigenvalue weighted by Gasteiger charge is -2.36. The number of allylic oxidation sites excluding steroid dienone is 2. The molecule has 2 aliphatic rings. The number of epoxide rings is 1. The SMILES string of the molecule is CC[C@H](O)[C@@H](C)[C@H]1O[C@@H]1C[C@@](C)(O)/C=C/C=C(\C)[C@H]1OC(=O)C[C@H](O[Si](CC)(CC)CC)CC[C@@](C)(O)[C@@H](OC(C)=O)/C=C/[C@@H]1C. The van der Waals surface area contributed by atoms with Crippen LogP contribution < -0.4 is 0 Å². The molecule has 0 aromatic heterocycles. The van der Waals surface area contributed by atoms with Crippen molar-refractivity contribution in [3.05, 3.63) is 36.0 Å². The number of carbonyl (C=O) groups excluding carboxylic acids is 2. The van der Waals surface area contributed by atoms with Gasteiger partial charge in [0, 0.05) is 25.2 Å². The van der Waals surface area contributed by atoms with Crippen LogP contribution in [0.4, 0.5) is 0 Å². The summed E-state index contributed by atoms with van der Waals surface area (Å²) in [6.45, 7) is 18.8. The van der Waals surface area contributed by atoms with Gasteiger partial charge in [-0.1, -0.05) is 65.8 Å². The van der Waals surface area contributed by atoms with Crippen molar-refractivity contribution in [3.63, 3.8) is 0 Å². The highest BCUT2D eigenvalue weighted by Crippen LogP contribution is 2.38. The first-order valence-electron chi connectivity index (χ1n) is 17.3. The standard InChI is InChI=1S/C36H62O9Si/c1-11-29(38)26(7)34-30(43-34)23-35(9,40)20-15-16-24(5)33-25(6)17-18-31(42-27(8)37)36(10,41)21-19-28(22-32(39)44-33)45-46(12-2,13-3)14-4/h15-18,20,25-26,28-31,33-34,38,40-41H,11-14,19,21-23H2,1-10H3/b18-17+,20-15+,24-16+/t25-,26+,28+,29-,30+,31-,33+,34+,35-,36+/m0/s1. The molecule has 0 radical (unpaired) electrons. The number of hydrogen-bond acceptors (Lipinski definition) is 9. The van der Waals surface area contributed by atoms with E-state index in [1.165, 1.54) is 6.92 Å². The number of aliphatic hydroxyl groups is 3. The van der Waals surface area contributed by atoms with E-state index < -0.39 is 49.9 Å². The fourth-order valence-electron chi connectivity index (χ4n) is 6.42. The number of carbonyl (C=O) groups is 2. The molecule has 46 heavy (non-hydrogen) atoms. The summed E-state index contributed by atoms with van der Waals surface area (Å²) in [4.78, 5) is 25.4. The van der Waals surface area contributed by atoms with Crippen LogP contribution in [0.1, 0.15) is 101 Å². The molecule has 1 fully saturated rings. The van der Waals surface area contributed by atoms with Crippen molar-refractivity contribution in [3.8, 4) is 0 Å². The van der Waals surface area contributed by atoms with Gasteiger partial charge in [0.1, 0.15) is 17.8 Å². The number of aliphatic hydroxyl groups excluding tert-OH is 1. The zero-order valence-electron chi connectivity index (χ0n) is 30.0. The molecule has 3 N–H and O–H groups in total. The fraction of sp³-hybridized carbons (Fsp3) is 0.778. The van der Waals surface area contributed by atoms with E-state index in [0.717, 1.165) is 23.7 Å². The van der Waals surface area contributed by atoms with E-state index in [0.29, 0.717) is 19.3 Å². The number of hydrogen-bond donors (Lipinski definition) is 3. The van der Waals surface area contributed by atoms with Crippen LogP contribution in [0.15, 0.2) is 36.0 Å². The van der Waals surface area contributed by atoms with Crippen LogP contribution in [0, 0.1) is 11.8 Å². The molecule has 264 valence electrons. The quantitative estimate of drug-likeness (QED) is 0.0655. The smallest absolute Gasteiger partial charge is 0.308 e. The highest BCUT2D eigenvalue weighted by atomic mass is 28.4. The first-order valence-corrected chi connectivity index (χ1v) is 19.8. The van der Waals surface area contributed by atoms with Crippen molar-refractivity contribution in [2.24, 2.45) is 11.8 Å². The number of rotatable bonds is 14. The van der Waals surface area contributed by atoms with Crippen molar-refractivity contribution in [2.75, 3.05) is 0 Å². The van der Waals surface area contributed by atoms with E-state index in [9.17, 15) is 24.9 Å². The van der Waals surface area contributed by atoms with Gasteiger partial charge in [0.25, 0.3) is 0 Å². The first-order chi connectivity index (χ1) is 21.4. The zero-order valence-corrected chi connectivity index (χ0v) is 31.0. The van der Waals surface area contributed by atoms with Gasteiger partial charge in [-0.25, -0.2) is 0 Å². The van der Waals surface area contributed by atoms with Gasteiger partial charge in [0.2, 0.25) is 0 Å². The van der Waals surface area contributed by atoms with Gasteiger partial charge < -0.3 is 34.0 Å². The minimum absolute atomic E-state index is 0.000988. The molecule has 1 saturated heterocycles. The Hall–Kier alpha value is -1.82. The summed E-state index contributed by atoms with van der Waals surface area (Å²) in [5.41, 5.74) is -1.74. The molecule has 2 rings (SSSR count). The average molecular weight is 667 g/mol. The molecule has 2 aliphatic heterocycles. The summed E-state index contributed by atoms with van der Waals surface area (Å²) in [6, 6.07) is 2.77. The Morgan fingerprint density at radius 2 is 1.83 bits per heavy atom. The molecule has 0 amide bonds. The van der Waals surface area contributed by atoms with E-state index in [1.54, 1.807) is 32.1 Å². The monoisotopic (exact) mass is 666 g/mol. The van der Waals surface area contributed by atoms with Crippen LogP contribution >= 0.6 is 0 Å². The van der Waals surface area contributed by atoms with E-state index in [2.05, 4.69) is 20.8 Å². The van der Waals surface area contributed by atoms with Gasteiger partial charge in [-0.3, -0.25) is 9.59 Å². The van der Waals surface area contributed by atoms with Crippen LogP contribution in [0.25, 0.3) is 0 Å². The van der Waals surface area contributed by atoms with Gasteiger partial charge >= 0.3 is 11.9 Å². The molecule has 0 unspecified atom stereocenters. The third-order valence-corrected chi connectivity index (χ3v) is 14.7. The average Bonchev–Trinajstić information content (AvgIpc) is 3.75. The lowest BCUT2D eigenvalue weighted by molar-refractivity contribution is -0.157. The molecule has 2 heterocycles. The number of cyclic esters (lactones) is 1. The van der Waals surface area contributed by atoms with Gasteiger partial charge in [0.05, 0.1) is 36.4 Å². The lowest BCUT2D eigenvalue weighted by atomic mass is 9.88. The Labute approximate surface area is 278 Å². The summed E-state index contributed by atoms with van der Waals surface area (Å²) < 4.78 is 24.2. The van der Waals surface area contributed by atoms with Crippen molar-refractivity contribution in [2.45, 2.75) is 167 Å². The Morgan fingerprint density at radius 1 is 1.20 bits per heavy atom. The van der Waals surface area contributed by atoms with E-state index in [4.69, 9.17) is 18.6 Å². The highest BCUT2D eigenvalue weighted by Gasteiger charge is 2.47. The molecule has 9 nitrogen and oxygen atoms in total. The minimum Gasteiger partial charge on any atom is -0.457 e. The van der Waals surface area contributed by atoms with Gasteiger partial charge in [0.15, 0.2) is 8.32 Å².